The maximum atomic E-state index is 2.41. The summed E-state index contributed by atoms with van der Waals surface area (Å²) in [5.41, 5.74) is 27.4. The van der Waals surface area contributed by atoms with Crippen LogP contribution in [0.15, 0.2) is 607 Å². The highest BCUT2D eigenvalue weighted by Crippen LogP contribution is 2.49. The molecule has 0 heterocycles. The third-order valence-corrected chi connectivity index (χ3v) is 27.8. The number of hydrogen-bond donors (Lipinski definition) is 0. The zero-order valence-electron chi connectivity index (χ0n) is 80.4. The number of para-hydroxylation sites is 4. The second kappa shape index (κ2) is 40.8. The molecule has 0 aliphatic rings. The number of fused-ring (bicyclic) bond motifs is 8. The average molecular weight is 1870 g/mol. The third-order valence-electron chi connectivity index (χ3n) is 27.8. The van der Waals surface area contributed by atoms with E-state index in [9.17, 15) is 0 Å². The molecule has 0 atom stereocenters. The molecule has 0 aliphatic heterocycles. The van der Waals surface area contributed by atoms with Crippen LogP contribution in [0.25, 0.3) is 120 Å². The monoisotopic (exact) mass is 1860 g/mol. The lowest BCUT2D eigenvalue weighted by molar-refractivity contribution is 1.28. The highest BCUT2D eigenvalue weighted by molar-refractivity contribution is 6.08. The van der Waals surface area contributed by atoms with Crippen molar-refractivity contribution in [1.29, 1.82) is 0 Å². The van der Waals surface area contributed by atoms with Crippen LogP contribution >= 0.6 is 0 Å². The first-order chi connectivity index (χ1) is 72.4. The van der Waals surface area contributed by atoms with Crippen molar-refractivity contribution in [1.82, 2.24) is 0 Å². The van der Waals surface area contributed by atoms with Crippen LogP contribution in [0.4, 0.5) is 102 Å². The molecule has 6 nitrogen and oxygen atoms in total. The molecule has 6 heteroatoms. The summed E-state index contributed by atoms with van der Waals surface area (Å²) in [5.74, 6) is 0. The largest absolute Gasteiger partial charge is 0.311 e. The van der Waals surface area contributed by atoms with Gasteiger partial charge in [-0.05, 0) is 292 Å². The highest BCUT2D eigenvalue weighted by Gasteiger charge is 2.24. The van der Waals surface area contributed by atoms with Gasteiger partial charge in [-0.1, -0.05) is 413 Å². The quantitative estimate of drug-likeness (QED) is 0.0709. The van der Waals surface area contributed by atoms with Gasteiger partial charge in [0.1, 0.15) is 0 Å². The van der Waals surface area contributed by atoms with Gasteiger partial charge in [-0.2, -0.15) is 0 Å². The topological polar surface area (TPSA) is 19.4 Å². The first-order valence-electron chi connectivity index (χ1n) is 49.9. The van der Waals surface area contributed by atoms with Crippen molar-refractivity contribution in [2.45, 2.75) is 0 Å². The molecule has 0 spiro atoms. The number of rotatable bonds is 21. The Morgan fingerprint density at radius 3 is 0.432 bits per heavy atom. The molecule has 0 aromatic heterocycles. The molecule has 146 heavy (non-hydrogen) atoms. The first kappa shape index (κ1) is 89.2. The molecular formula is C140H100N6. The van der Waals surface area contributed by atoms with Crippen LogP contribution in [-0.4, -0.2) is 0 Å². The summed E-state index contributed by atoms with van der Waals surface area (Å²) in [6.07, 6.45) is 0. The van der Waals surface area contributed by atoms with E-state index in [1.807, 2.05) is 0 Å². The van der Waals surface area contributed by atoms with Gasteiger partial charge in [-0.15, -0.1) is 0 Å². The predicted molar refractivity (Wildman–Crippen MR) is 624 cm³/mol. The van der Waals surface area contributed by atoms with Gasteiger partial charge in [0, 0.05) is 101 Å². The third kappa shape index (κ3) is 18.5. The van der Waals surface area contributed by atoms with Gasteiger partial charge in [0.25, 0.3) is 0 Å². The predicted octanol–water partition coefficient (Wildman–Crippen LogP) is 40.1. The standard InChI is InChI=1S/2C52H36N2.C36H28N2/c1-5-21-45-39(13-1)17-9-25-49(45)53(50-26-10-18-40-14-2-6-22-46(40)50)43-33-29-37(30-34-43)38-31-35-44(36-32-38)54(51-27-11-19-41-15-3-7-23-47(41)51)52-28-12-20-42-16-4-8-24-48(42)52;1-5-13-43-33-49(29-21-37(43)9-1)53(50-30-22-38-10-2-6-14-44(38)34-50)47-25-17-41(18-26-47)42-19-27-48(28-20-42)54(51-31-23-39-11-3-7-15-45(39)35-51)52-32-24-40-12-4-8-16-46(40)36-52;1-5-13-31(14-6-1)37(32-15-7-2-8-16-32)35-25-21-29(22-26-35)30-23-27-36(28-24-30)38(33-17-9-3-10-18-33)34-19-11-4-12-20-34/h2*1-36H;1-28H. The molecule has 0 amide bonds. The molecule has 0 saturated heterocycles. The molecular weight excluding hydrogens is 1770 g/mol. The van der Waals surface area contributed by atoms with Crippen molar-refractivity contribution in [2.24, 2.45) is 0 Å². The normalized spacial score (nSPS) is 11.2. The van der Waals surface area contributed by atoms with Gasteiger partial charge in [0.15, 0.2) is 0 Å². The maximum Gasteiger partial charge on any atom is 0.0540 e. The minimum Gasteiger partial charge on any atom is -0.311 e. The molecule has 26 aromatic carbocycles. The minimum atomic E-state index is 1.11. The lowest BCUT2D eigenvalue weighted by Crippen LogP contribution is -2.11. The van der Waals surface area contributed by atoms with E-state index in [4.69, 9.17) is 0 Å². The van der Waals surface area contributed by atoms with Crippen LogP contribution in [0.5, 0.6) is 0 Å². The van der Waals surface area contributed by atoms with Gasteiger partial charge in [-0.3, -0.25) is 0 Å². The Morgan fingerprint density at radius 2 is 0.226 bits per heavy atom. The van der Waals surface area contributed by atoms with Crippen LogP contribution in [0, 0.1) is 0 Å². The van der Waals surface area contributed by atoms with Crippen molar-refractivity contribution in [3.8, 4) is 33.4 Å². The Bertz CT molecular complexity index is 8160. The fourth-order valence-corrected chi connectivity index (χ4v) is 20.6. The molecule has 0 N–H and O–H groups in total. The minimum absolute atomic E-state index is 1.11. The molecule has 690 valence electrons. The molecule has 0 radical (unpaired) electrons. The van der Waals surface area contributed by atoms with E-state index >= 15 is 0 Å². The Labute approximate surface area is 851 Å². The van der Waals surface area contributed by atoms with Gasteiger partial charge >= 0.3 is 0 Å². The van der Waals surface area contributed by atoms with Crippen LogP contribution < -0.4 is 29.4 Å². The molecule has 26 aromatic rings. The van der Waals surface area contributed by atoms with E-state index < -0.39 is 0 Å². The lowest BCUT2D eigenvalue weighted by atomic mass is 10.0. The Morgan fingerprint density at radius 1 is 0.0822 bits per heavy atom. The summed E-state index contributed by atoms with van der Waals surface area (Å²) >= 11 is 0. The number of hydrogen-bond acceptors (Lipinski definition) is 6. The smallest absolute Gasteiger partial charge is 0.0540 e. The van der Waals surface area contributed by atoms with Gasteiger partial charge in [0.05, 0.1) is 22.7 Å². The van der Waals surface area contributed by atoms with Crippen molar-refractivity contribution in [2.75, 3.05) is 29.4 Å². The summed E-state index contributed by atoms with van der Waals surface area (Å²) < 4.78 is 0. The zero-order chi connectivity index (χ0) is 97.3. The summed E-state index contributed by atoms with van der Waals surface area (Å²) in [6, 6.07) is 218. The Balaban J connectivity index is 0.000000119. The number of anilines is 18. The van der Waals surface area contributed by atoms with Crippen molar-refractivity contribution in [3.05, 3.63) is 607 Å². The molecule has 0 fully saturated rings. The summed E-state index contributed by atoms with van der Waals surface area (Å²) in [7, 11) is 0. The second-order valence-corrected chi connectivity index (χ2v) is 36.8. The van der Waals surface area contributed by atoms with Gasteiger partial charge < -0.3 is 29.4 Å². The number of nitrogens with zero attached hydrogens (tertiary/aromatic N) is 6. The first-order valence-corrected chi connectivity index (χ1v) is 49.9. The molecule has 0 bridgehead atoms. The van der Waals surface area contributed by atoms with E-state index in [1.165, 1.54) is 120 Å². The summed E-state index contributed by atoms with van der Waals surface area (Å²) in [6.45, 7) is 0. The van der Waals surface area contributed by atoms with E-state index in [2.05, 4.69) is 636 Å². The van der Waals surface area contributed by atoms with Crippen molar-refractivity contribution < 1.29 is 0 Å². The van der Waals surface area contributed by atoms with Crippen molar-refractivity contribution in [3.63, 3.8) is 0 Å². The van der Waals surface area contributed by atoms with E-state index in [0.717, 1.165) is 102 Å². The van der Waals surface area contributed by atoms with E-state index in [-0.39, 0.29) is 0 Å². The fraction of sp³-hybridized carbons (Fsp3) is 0. The average Bonchev–Trinajstić information content (AvgIpc) is 0.763. The maximum absolute atomic E-state index is 2.41. The van der Waals surface area contributed by atoms with Crippen LogP contribution in [0.1, 0.15) is 0 Å². The zero-order valence-corrected chi connectivity index (χ0v) is 80.4. The summed E-state index contributed by atoms with van der Waals surface area (Å²) in [5, 5.41) is 19.6. The number of benzene rings is 26. The van der Waals surface area contributed by atoms with Crippen molar-refractivity contribution >= 4 is 189 Å². The SMILES string of the molecule is c1ccc(N(c2ccccc2)c2ccc(-c3ccc(N(c4ccccc4)c4ccccc4)cc3)cc2)cc1.c1ccc2c(N(c3ccc(-c4ccc(N(c5cccc6ccccc56)c5cccc6ccccc56)cc4)cc3)c3cccc4ccccc34)cccc2c1.c1ccc2cc(N(c3ccc(-c4ccc(N(c5ccc6ccccc6c5)c5ccc6ccccc6c5)cc4)cc3)c3ccc4ccccc4c3)ccc2c1. The van der Waals surface area contributed by atoms with Crippen LogP contribution in [0.2, 0.25) is 0 Å². The fourth-order valence-electron chi connectivity index (χ4n) is 20.6. The van der Waals surface area contributed by atoms with Gasteiger partial charge in [-0.25, -0.2) is 0 Å². The van der Waals surface area contributed by atoms with Crippen LogP contribution in [-0.2, 0) is 0 Å². The Hall–Kier alpha value is -19.4. The van der Waals surface area contributed by atoms with Crippen LogP contribution in [0.3, 0.4) is 0 Å². The Kier molecular flexibility index (Phi) is 24.9. The highest BCUT2D eigenvalue weighted by atomic mass is 15.2. The summed E-state index contributed by atoms with van der Waals surface area (Å²) in [4.78, 5) is 14.1. The molecule has 0 aliphatic carbocycles. The molecule has 26 rings (SSSR count). The lowest BCUT2D eigenvalue weighted by Gasteiger charge is -2.28. The second-order valence-electron chi connectivity index (χ2n) is 36.8. The van der Waals surface area contributed by atoms with E-state index in [1.54, 1.807) is 0 Å². The molecule has 0 saturated carbocycles. The van der Waals surface area contributed by atoms with E-state index in [0.29, 0.717) is 0 Å². The molecule has 0 unspecified atom stereocenters. The van der Waals surface area contributed by atoms with Gasteiger partial charge in [0.2, 0.25) is 0 Å².